The topological polar surface area (TPSA) is 52.3 Å². The molecular weight excluding hydrogens is 276 g/mol. The Balaban J connectivity index is 1.87. The van der Waals surface area contributed by atoms with Gasteiger partial charge in [0.15, 0.2) is 0 Å². The van der Waals surface area contributed by atoms with Crippen LogP contribution in [0.25, 0.3) is 5.78 Å². The van der Waals surface area contributed by atoms with Gasteiger partial charge in [0.1, 0.15) is 17.6 Å². The second-order valence-corrected chi connectivity index (χ2v) is 6.93. The van der Waals surface area contributed by atoms with Gasteiger partial charge in [-0.3, -0.25) is 0 Å². The summed E-state index contributed by atoms with van der Waals surface area (Å²) in [4.78, 5) is 8.16. The predicted molar refractivity (Wildman–Crippen MR) is 77.0 cm³/mol. The summed E-state index contributed by atoms with van der Waals surface area (Å²) in [5, 5.41) is 4.52. The largest absolute Gasteiger partial charge is 0.474 e. The van der Waals surface area contributed by atoms with E-state index >= 15 is 0 Å². The van der Waals surface area contributed by atoms with Crippen LogP contribution in [-0.4, -0.2) is 25.7 Å². The van der Waals surface area contributed by atoms with Crippen LogP contribution in [0.4, 0.5) is 0 Å². The highest BCUT2D eigenvalue weighted by molar-refractivity contribution is 6.29. The van der Waals surface area contributed by atoms with Gasteiger partial charge in [-0.25, -0.2) is 0 Å². The van der Waals surface area contributed by atoms with Crippen molar-refractivity contribution in [2.45, 2.75) is 46.1 Å². The van der Waals surface area contributed by atoms with Gasteiger partial charge in [-0.2, -0.15) is 19.6 Å². The Bertz CT molecular complexity index is 625. The molecule has 0 saturated heterocycles. The zero-order valence-corrected chi connectivity index (χ0v) is 12.8. The number of aromatic nitrogens is 4. The number of halogens is 1. The van der Waals surface area contributed by atoms with Crippen molar-refractivity contribution in [2.24, 2.45) is 11.3 Å². The predicted octanol–water partition coefficient (Wildman–Crippen LogP) is 3.37. The zero-order chi connectivity index (χ0) is 14.3. The van der Waals surface area contributed by atoms with Crippen molar-refractivity contribution >= 4 is 17.4 Å². The van der Waals surface area contributed by atoms with Gasteiger partial charge in [-0.15, -0.1) is 0 Å². The van der Waals surface area contributed by atoms with Crippen molar-refractivity contribution in [1.29, 1.82) is 0 Å². The van der Waals surface area contributed by atoms with Crippen molar-refractivity contribution in [3.05, 3.63) is 17.5 Å². The van der Waals surface area contributed by atoms with Crippen LogP contribution in [0.5, 0.6) is 5.88 Å². The Labute approximate surface area is 123 Å². The van der Waals surface area contributed by atoms with Crippen LogP contribution in [0.2, 0.25) is 5.15 Å². The van der Waals surface area contributed by atoms with E-state index in [0.717, 1.165) is 12.8 Å². The van der Waals surface area contributed by atoms with E-state index in [2.05, 4.69) is 35.8 Å². The van der Waals surface area contributed by atoms with Gasteiger partial charge >= 0.3 is 0 Å². The van der Waals surface area contributed by atoms with Gasteiger partial charge in [0, 0.05) is 6.07 Å². The number of hydrogen-bond acceptors (Lipinski definition) is 4. The molecule has 2 atom stereocenters. The molecule has 0 amide bonds. The Morgan fingerprint density at radius 2 is 2.20 bits per heavy atom. The molecule has 1 aliphatic carbocycles. The lowest BCUT2D eigenvalue weighted by atomic mass is 9.71. The molecule has 2 heterocycles. The molecule has 0 bridgehead atoms. The Kier molecular flexibility index (Phi) is 3.32. The third-order valence-corrected chi connectivity index (χ3v) is 4.02. The lowest BCUT2D eigenvalue weighted by molar-refractivity contribution is 0.0516. The minimum absolute atomic E-state index is 0.180. The van der Waals surface area contributed by atoms with Gasteiger partial charge < -0.3 is 4.74 Å². The average molecular weight is 295 g/mol. The summed E-state index contributed by atoms with van der Waals surface area (Å²) in [6.45, 7) is 6.87. The molecule has 6 heteroatoms. The fourth-order valence-corrected chi connectivity index (χ4v) is 3.53. The minimum atomic E-state index is 0.180. The SMILES string of the molecule is CC1CC(Oc2cc(Cl)nc3ncnn23)CC(C)(C)C1. The highest BCUT2D eigenvalue weighted by Gasteiger charge is 2.33. The van der Waals surface area contributed by atoms with Gasteiger partial charge in [0.05, 0.1) is 0 Å². The van der Waals surface area contributed by atoms with Crippen molar-refractivity contribution in [1.82, 2.24) is 19.6 Å². The summed E-state index contributed by atoms with van der Waals surface area (Å²) in [5.41, 5.74) is 0.306. The molecule has 0 N–H and O–H groups in total. The lowest BCUT2D eigenvalue weighted by Crippen LogP contribution is -2.34. The van der Waals surface area contributed by atoms with E-state index in [1.54, 1.807) is 10.6 Å². The second-order valence-electron chi connectivity index (χ2n) is 6.54. The first-order valence-corrected chi connectivity index (χ1v) is 7.34. The fraction of sp³-hybridized carbons (Fsp3) is 0.643. The maximum absolute atomic E-state index is 6.15. The zero-order valence-electron chi connectivity index (χ0n) is 12.0. The van der Waals surface area contributed by atoms with E-state index in [0.29, 0.717) is 28.1 Å². The standard InChI is InChI=1S/C14H19ClN4O/c1-9-4-10(7-14(2,3)6-9)20-12-5-11(15)18-13-16-8-17-19(12)13/h5,8-10H,4,6-7H2,1-3H3. The smallest absolute Gasteiger partial charge is 0.256 e. The molecule has 0 spiro atoms. The molecule has 0 radical (unpaired) electrons. The summed E-state index contributed by atoms with van der Waals surface area (Å²) >= 11 is 6.01. The quantitative estimate of drug-likeness (QED) is 0.797. The molecule has 0 aliphatic heterocycles. The molecular formula is C14H19ClN4O. The van der Waals surface area contributed by atoms with Crippen LogP contribution >= 0.6 is 11.6 Å². The normalized spacial score (nSPS) is 25.8. The van der Waals surface area contributed by atoms with E-state index in [-0.39, 0.29) is 6.10 Å². The van der Waals surface area contributed by atoms with E-state index in [9.17, 15) is 0 Å². The molecule has 5 nitrogen and oxygen atoms in total. The Morgan fingerprint density at radius 3 is 2.95 bits per heavy atom. The van der Waals surface area contributed by atoms with E-state index in [4.69, 9.17) is 16.3 Å². The maximum Gasteiger partial charge on any atom is 0.256 e. The molecule has 0 aromatic carbocycles. The molecule has 1 aliphatic rings. The summed E-state index contributed by atoms with van der Waals surface area (Å²) in [6, 6.07) is 1.70. The first kappa shape index (κ1) is 13.6. The summed E-state index contributed by atoms with van der Waals surface area (Å²) in [5.74, 6) is 1.75. The summed E-state index contributed by atoms with van der Waals surface area (Å²) < 4.78 is 7.75. The number of hydrogen-bond donors (Lipinski definition) is 0. The van der Waals surface area contributed by atoms with Crippen LogP contribution in [0.3, 0.4) is 0 Å². The number of nitrogens with zero attached hydrogens (tertiary/aromatic N) is 4. The number of ether oxygens (including phenoxy) is 1. The first-order valence-electron chi connectivity index (χ1n) is 6.96. The van der Waals surface area contributed by atoms with Crippen LogP contribution in [0.1, 0.15) is 40.0 Å². The lowest BCUT2D eigenvalue weighted by Gasteiger charge is -2.38. The van der Waals surface area contributed by atoms with Crippen LogP contribution in [0, 0.1) is 11.3 Å². The van der Waals surface area contributed by atoms with Crippen molar-refractivity contribution < 1.29 is 4.74 Å². The molecule has 20 heavy (non-hydrogen) atoms. The monoisotopic (exact) mass is 294 g/mol. The van der Waals surface area contributed by atoms with Crippen molar-refractivity contribution in [3.8, 4) is 5.88 Å². The fourth-order valence-electron chi connectivity index (χ4n) is 3.36. The third kappa shape index (κ3) is 2.73. The minimum Gasteiger partial charge on any atom is -0.474 e. The first-order chi connectivity index (χ1) is 9.43. The summed E-state index contributed by atoms with van der Waals surface area (Å²) in [6.07, 6.45) is 4.97. The Hall–Kier alpha value is -1.36. The van der Waals surface area contributed by atoms with Gasteiger partial charge in [-0.05, 0) is 30.6 Å². The van der Waals surface area contributed by atoms with Gasteiger partial charge in [0.25, 0.3) is 5.78 Å². The van der Waals surface area contributed by atoms with E-state index in [1.807, 2.05) is 0 Å². The van der Waals surface area contributed by atoms with Crippen molar-refractivity contribution in [3.63, 3.8) is 0 Å². The van der Waals surface area contributed by atoms with E-state index < -0.39 is 0 Å². The van der Waals surface area contributed by atoms with Crippen LogP contribution < -0.4 is 4.74 Å². The maximum atomic E-state index is 6.15. The van der Waals surface area contributed by atoms with Gasteiger partial charge in [0.2, 0.25) is 5.88 Å². The number of rotatable bonds is 2. The second kappa shape index (κ2) is 4.88. The summed E-state index contributed by atoms with van der Waals surface area (Å²) in [7, 11) is 0. The van der Waals surface area contributed by atoms with Crippen LogP contribution in [-0.2, 0) is 0 Å². The molecule has 2 unspecified atom stereocenters. The molecule has 1 saturated carbocycles. The molecule has 2 aromatic rings. The Morgan fingerprint density at radius 1 is 1.40 bits per heavy atom. The molecule has 3 rings (SSSR count). The molecule has 1 fully saturated rings. The van der Waals surface area contributed by atoms with Crippen LogP contribution in [0.15, 0.2) is 12.4 Å². The van der Waals surface area contributed by atoms with Gasteiger partial charge in [-0.1, -0.05) is 32.4 Å². The molecule has 108 valence electrons. The highest BCUT2D eigenvalue weighted by Crippen LogP contribution is 2.40. The molecule has 2 aromatic heterocycles. The van der Waals surface area contributed by atoms with E-state index in [1.165, 1.54) is 12.7 Å². The third-order valence-electron chi connectivity index (χ3n) is 3.82. The number of fused-ring (bicyclic) bond motifs is 1. The average Bonchev–Trinajstić information content (AvgIpc) is 2.73. The highest BCUT2D eigenvalue weighted by atomic mass is 35.5. The van der Waals surface area contributed by atoms with Crippen molar-refractivity contribution in [2.75, 3.05) is 0 Å².